The van der Waals surface area contributed by atoms with Crippen LogP contribution in [0.5, 0.6) is 0 Å². The second-order valence-electron chi connectivity index (χ2n) is 8.97. The van der Waals surface area contributed by atoms with Crippen LogP contribution in [-0.2, 0) is 14.3 Å². The first-order valence-electron chi connectivity index (χ1n) is 13.3. The van der Waals surface area contributed by atoms with Crippen LogP contribution in [0.25, 0.3) is 0 Å². The number of rotatable bonds is 22. The van der Waals surface area contributed by atoms with Crippen molar-refractivity contribution in [1.29, 1.82) is 0 Å². The Morgan fingerprint density at radius 1 is 0.788 bits per heavy atom. The highest BCUT2D eigenvalue weighted by Crippen LogP contribution is 2.11. The summed E-state index contributed by atoms with van der Waals surface area (Å²) in [5.74, 6) is 0.305. The number of carbonyl (C=O) groups excluding carboxylic acids is 2. The summed E-state index contributed by atoms with van der Waals surface area (Å²) < 4.78 is 5.39. The van der Waals surface area contributed by atoms with Crippen LogP contribution < -0.4 is 10.6 Å². The molecule has 0 saturated carbocycles. The lowest BCUT2D eigenvalue weighted by molar-refractivity contribution is -0.122. The molecule has 6 nitrogen and oxygen atoms in total. The number of unbranched alkanes of at least 4 members (excludes halogenated alkanes) is 4. The van der Waals surface area contributed by atoms with Gasteiger partial charge >= 0.3 is 0 Å². The molecule has 0 aromatic rings. The summed E-state index contributed by atoms with van der Waals surface area (Å²) in [6.45, 7) is 9.45. The fourth-order valence-electron chi connectivity index (χ4n) is 3.56. The average molecular weight is 464 g/mol. The van der Waals surface area contributed by atoms with Gasteiger partial charge in [0.1, 0.15) is 0 Å². The molecular formula is C27H49N3O3. The van der Waals surface area contributed by atoms with E-state index in [1.807, 2.05) is 0 Å². The van der Waals surface area contributed by atoms with Crippen LogP contribution in [-0.4, -0.2) is 62.1 Å². The Kier molecular flexibility index (Phi) is 18.6. The molecule has 0 aromatic heterocycles. The number of amides is 2. The van der Waals surface area contributed by atoms with Gasteiger partial charge in [-0.25, -0.2) is 0 Å². The van der Waals surface area contributed by atoms with Crippen molar-refractivity contribution >= 4 is 11.8 Å². The zero-order valence-corrected chi connectivity index (χ0v) is 21.3. The van der Waals surface area contributed by atoms with Crippen LogP contribution in [0.3, 0.4) is 0 Å². The van der Waals surface area contributed by atoms with Crippen LogP contribution in [0.2, 0.25) is 0 Å². The minimum Gasteiger partial charge on any atom is -0.372 e. The molecule has 2 N–H and O–H groups in total. The minimum atomic E-state index is 0.152. The van der Waals surface area contributed by atoms with E-state index in [0.717, 1.165) is 90.7 Å². The first-order valence-corrected chi connectivity index (χ1v) is 13.3. The molecular weight excluding hydrogens is 414 g/mol. The summed E-state index contributed by atoms with van der Waals surface area (Å²) in [6.07, 6.45) is 20.6. The van der Waals surface area contributed by atoms with E-state index in [4.69, 9.17) is 4.74 Å². The average Bonchev–Trinajstić information content (AvgIpc) is 3.62. The number of ether oxygens (including phenoxy) is 1. The Bertz CT molecular complexity index is 517. The van der Waals surface area contributed by atoms with Gasteiger partial charge in [0.2, 0.25) is 11.8 Å². The van der Waals surface area contributed by atoms with Crippen LogP contribution in [0.1, 0.15) is 90.9 Å². The van der Waals surface area contributed by atoms with Gasteiger partial charge in [0.15, 0.2) is 0 Å². The van der Waals surface area contributed by atoms with Crippen molar-refractivity contribution in [2.24, 2.45) is 0 Å². The quantitative estimate of drug-likeness (QED) is 0.138. The summed E-state index contributed by atoms with van der Waals surface area (Å²) in [5.41, 5.74) is 0. The second-order valence-corrected chi connectivity index (χ2v) is 8.97. The number of allylic oxidation sites excluding steroid dienone is 4. The first-order chi connectivity index (χ1) is 16.2. The van der Waals surface area contributed by atoms with Gasteiger partial charge < -0.3 is 20.3 Å². The molecule has 0 spiro atoms. The first kappa shape index (κ1) is 29.4. The maximum atomic E-state index is 12.0. The lowest BCUT2D eigenvalue weighted by Crippen LogP contribution is -2.34. The van der Waals surface area contributed by atoms with Crippen molar-refractivity contribution in [3.05, 3.63) is 24.3 Å². The Balaban J connectivity index is 2.07. The SMILES string of the molecule is CCC/C=C/CCCC(=O)NCCCN(CCCNC(=O)CCC/C=C/CCC)CC1CO1. The zero-order valence-electron chi connectivity index (χ0n) is 21.3. The van der Waals surface area contributed by atoms with E-state index in [-0.39, 0.29) is 11.8 Å². The van der Waals surface area contributed by atoms with Crippen molar-refractivity contribution in [1.82, 2.24) is 15.5 Å². The molecule has 1 aliphatic rings. The van der Waals surface area contributed by atoms with E-state index < -0.39 is 0 Å². The van der Waals surface area contributed by atoms with Gasteiger partial charge in [0.05, 0.1) is 12.7 Å². The highest BCUT2D eigenvalue weighted by Gasteiger charge is 2.25. The van der Waals surface area contributed by atoms with Gasteiger partial charge in [-0.15, -0.1) is 0 Å². The number of epoxide rings is 1. The van der Waals surface area contributed by atoms with E-state index in [1.165, 1.54) is 12.8 Å². The van der Waals surface area contributed by atoms with Crippen molar-refractivity contribution in [3.8, 4) is 0 Å². The predicted molar refractivity (Wildman–Crippen MR) is 137 cm³/mol. The summed E-state index contributed by atoms with van der Waals surface area (Å²) in [6, 6.07) is 0. The third-order valence-corrected chi connectivity index (χ3v) is 5.60. The van der Waals surface area contributed by atoms with Crippen LogP contribution in [0.15, 0.2) is 24.3 Å². The molecule has 1 fully saturated rings. The summed E-state index contributed by atoms with van der Waals surface area (Å²) in [4.78, 5) is 26.3. The molecule has 1 heterocycles. The Hall–Kier alpha value is -1.66. The van der Waals surface area contributed by atoms with Gasteiger partial charge in [0, 0.05) is 32.5 Å². The van der Waals surface area contributed by atoms with Gasteiger partial charge in [-0.05, 0) is 64.5 Å². The number of nitrogens with zero attached hydrogens (tertiary/aromatic N) is 1. The molecule has 1 saturated heterocycles. The molecule has 33 heavy (non-hydrogen) atoms. The molecule has 1 atom stereocenters. The summed E-state index contributed by atoms with van der Waals surface area (Å²) in [7, 11) is 0. The molecule has 1 aliphatic heterocycles. The van der Waals surface area contributed by atoms with Crippen LogP contribution in [0.4, 0.5) is 0 Å². The molecule has 2 amide bonds. The fourth-order valence-corrected chi connectivity index (χ4v) is 3.56. The van der Waals surface area contributed by atoms with E-state index in [2.05, 4.69) is 53.7 Å². The Morgan fingerprint density at radius 2 is 1.24 bits per heavy atom. The molecule has 6 heteroatoms. The van der Waals surface area contributed by atoms with Crippen LogP contribution >= 0.6 is 0 Å². The van der Waals surface area contributed by atoms with Crippen molar-refractivity contribution < 1.29 is 14.3 Å². The molecule has 0 aromatic carbocycles. The maximum absolute atomic E-state index is 12.0. The Morgan fingerprint density at radius 3 is 1.67 bits per heavy atom. The van der Waals surface area contributed by atoms with E-state index >= 15 is 0 Å². The molecule has 1 rings (SSSR count). The molecule has 0 bridgehead atoms. The van der Waals surface area contributed by atoms with E-state index in [9.17, 15) is 9.59 Å². The fraction of sp³-hybridized carbons (Fsp3) is 0.778. The third kappa shape index (κ3) is 19.5. The number of hydrogen-bond donors (Lipinski definition) is 2. The lowest BCUT2D eigenvalue weighted by Gasteiger charge is -2.21. The summed E-state index contributed by atoms with van der Waals surface area (Å²) in [5, 5.41) is 6.09. The third-order valence-electron chi connectivity index (χ3n) is 5.60. The highest BCUT2D eigenvalue weighted by atomic mass is 16.6. The van der Waals surface area contributed by atoms with Gasteiger partial charge in [-0.3, -0.25) is 9.59 Å². The standard InChI is InChI=1S/C27H49N3O3/c1-3-5-7-9-11-13-17-26(31)28-19-15-21-30(23-25-24-33-25)22-16-20-29-27(32)18-14-12-10-8-6-4-2/h7-10,25H,3-6,11-24H2,1-2H3,(H,28,31)(H,29,32)/b9-7+,10-8+. The molecule has 190 valence electrons. The van der Waals surface area contributed by atoms with Crippen molar-refractivity contribution in [2.75, 3.05) is 39.3 Å². The van der Waals surface area contributed by atoms with Crippen LogP contribution in [0, 0.1) is 0 Å². The van der Waals surface area contributed by atoms with E-state index in [1.54, 1.807) is 0 Å². The normalized spacial score (nSPS) is 15.5. The summed E-state index contributed by atoms with van der Waals surface area (Å²) >= 11 is 0. The number of hydrogen-bond acceptors (Lipinski definition) is 4. The van der Waals surface area contributed by atoms with Gasteiger partial charge in [-0.2, -0.15) is 0 Å². The topological polar surface area (TPSA) is 74.0 Å². The Labute approximate surface area is 202 Å². The monoisotopic (exact) mass is 463 g/mol. The largest absolute Gasteiger partial charge is 0.372 e. The zero-order chi connectivity index (χ0) is 24.0. The molecule has 1 unspecified atom stereocenters. The maximum Gasteiger partial charge on any atom is 0.220 e. The molecule has 0 aliphatic carbocycles. The second kappa shape index (κ2) is 20.9. The van der Waals surface area contributed by atoms with Crippen molar-refractivity contribution in [3.63, 3.8) is 0 Å². The smallest absolute Gasteiger partial charge is 0.220 e. The molecule has 0 radical (unpaired) electrons. The minimum absolute atomic E-state index is 0.152. The highest BCUT2D eigenvalue weighted by molar-refractivity contribution is 5.76. The van der Waals surface area contributed by atoms with Crippen molar-refractivity contribution in [2.45, 2.75) is 97.0 Å². The number of carbonyl (C=O) groups is 2. The number of nitrogens with one attached hydrogen (secondary N) is 2. The van der Waals surface area contributed by atoms with E-state index in [0.29, 0.717) is 18.9 Å². The van der Waals surface area contributed by atoms with Gasteiger partial charge in [-0.1, -0.05) is 51.0 Å². The predicted octanol–water partition coefficient (Wildman–Crippen LogP) is 4.75. The van der Waals surface area contributed by atoms with Gasteiger partial charge in [0.25, 0.3) is 0 Å². The lowest BCUT2D eigenvalue weighted by atomic mass is 10.2.